The van der Waals surface area contributed by atoms with Crippen LogP contribution in [-0.4, -0.2) is 39.5 Å². The SMILES string of the molecule is COc1ccc(CCN2C(=O)c3ccccc3C2n2nc3ccccc3n2)cc1. The molecule has 1 unspecified atom stereocenters. The number of nitrogens with zero attached hydrogens (tertiary/aromatic N) is 4. The Morgan fingerprint density at radius 1 is 0.897 bits per heavy atom. The number of methoxy groups -OCH3 is 1. The summed E-state index contributed by atoms with van der Waals surface area (Å²) >= 11 is 0. The molecular weight excluding hydrogens is 364 g/mol. The highest BCUT2D eigenvalue weighted by Crippen LogP contribution is 2.34. The van der Waals surface area contributed by atoms with Gasteiger partial charge in [0.1, 0.15) is 16.8 Å². The number of carbonyl (C=O) groups is 1. The predicted molar refractivity (Wildman–Crippen MR) is 110 cm³/mol. The van der Waals surface area contributed by atoms with E-state index in [4.69, 9.17) is 4.74 Å². The smallest absolute Gasteiger partial charge is 0.256 e. The number of hydrogen-bond donors (Lipinski definition) is 0. The summed E-state index contributed by atoms with van der Waals surface area (Å²) in [5.41, 5.74) is 4.44. The molecule has 3 aromatic carbocycles. The van der Waals surface area contributed by atoms with Gasteiger partial charge in [-0.15, -0.1) is 0 Å². The summed E-state index contributed by atoms with van der Waals surface area (Å²) in [6.45, 7) is 0.572. The third-order valence-corrected chi connectivity index (χ3v) is 5.35. The average molecular weight is 384 g/mol. The molecule has 1 aliphatic heterocycles. The van der Waals surface area contributed by atoms with Crippen LogP contribution >= 0.6 is 0 Å². The van der Waals surface area contributed by atoms with Crippen molar-refractivity contribution >= 4 is 16.9 Å². The number of hydrogen-bond acceptors (Lipinski definition) is 4. The maximum absolute atomic E-state index is 13.2. The molecule has 1 amide bonds. The van der Waals surface area contributed by atoms with Crippen molar-refractivity contribution in [2.45, 2.75) is 12.6 Å². The lowest BCUT2D eigenvalue weighted by Crippen LogP contribution is -2.35. The van der Waals surface area contributed by atoms with Crippen LogP contribution in [0.4, 0.5) is 0 Å². The first kappa shape index (κ1) is 17.4. The van der Waals surface area contributed by atoms with Gasteiger partial charge in [-0.3, -0.25) is 4.79 Å². The standard InChI is InChI=1S/C23H20N4O2/c1-29-17-12-10-16(11-13-17)14-15-26-22(18-6-2-3-7-19(18)23(26)28)27-24-20-8-4-5-9-21(20)25-27/h2-13,22H,14-15H2,1H3. The Balaban J connectivity index is 1.49. The van der Waals surface area contributed by atoms with E-state index in [2.05, 4.69) is 10.2 Å². The van der Waals surface area contributed by atoms with Gasteiger partial charge < -0.3 is 9.64 Å². The minimum Gasteiger partial charge on any atom is -0.497 e. The van der Waals surface area contributed by atoms with Crippen LogP contribution in [0.3, 0.4) is 0 Å². The van der Waals surface area contributed by atoms with Gasteiger partial charge in [-0.25, -0.2) is 0 Å². The third kappa shape index (κ3) is 3.02. The van der Waals surface area contributed by atoms with Gasteiger partial charge in [0, 0.05) is 17.7 Å². The van der Waals surface area contributed by atoms with Crippen LogP contribution in [0.1, 0.15) is 27.7 Å². The fraction of sp³-hybridized carbons (Fsp3) is 0.174. The zero-order chi connectivity index (χ0) is 19.8. The molecule has 29 heavy (non-hydrogen) atoms. The van der Waals surface area contributed by atoms with Crippen molar-refractivity contribution in [1.82, 2.24) is 19.9 Å². The number of aromatic nitrogens is 3. The summed E-state index contributed by atoms with van der Waals surface area (Å²) in [6, 6.07) is 23.4. The van der Waals surface area contributed by atoms with E-state index in [9.17, 15) is 4.79 Å². The topological polar surface area (TPSA) is 60.2 Å². The second kappa shape index (κ2) is 7.05. The molecule has 6 heteroatoms. The van der Waals surface area contributed by atoms with Gasteiger partial charge in [0.25, 0.3) is 5.91 Å². The number of ether oxygens (including phenoxy) is 1. The molecule has 0 bridgehead atoms. The monoisotopic (exact) mass is 384 g/mol. The van der Waals surface area contributed by atoms with Crippen molar-refractivity contribution in [3.05, 3.63) is 89.5 Å². The molecule has 6 nitrogen and oxygen atoms in total. The van der Waals surface area contributed by atoms with Gasteiger partial charge in [-0.1, -0.05) is 42.5 Å². The summed E-state index contributed by atoms with van der Waals surface area (Å²) in [4.78, 5) is 16.7. The zero-order valence-corrected chi connectivity index (χ0v) is 16.0. The quantitative estimate of drug-likeness (QED) is 0.527. The molecule has 1 aromatic heterocycles. The molecule has 0 fully saturated rings. The van der Waals surface area contributed by atoms with Gasteiger partial charge in [-0.05, 0) is 42.3 Å². The zero-order valence-electron chi connectivity index (χ0n) is 16.0. The molecule has 2 heterocycles. The minimum absolute atomic E-state index is 0.0143. The lowest BCUT2D eigenvalue weighted by atomic mass is 10.1. The van der Waals surface area contributed by atoms with Gasteiger partial charge >= 0.3 is 0 Å². The maximum Gasteiger partial charge on any atom is 0.256 e. The summed E-state index contributed by atoms with van der Waals surface area (Å²) in [5, 5.41) is 9.30. The molecule has 0 spiro atoms. The van der Waals surface area contributed by atoms with Crippen molar-refractivity contribution in [3.8, 4) is 5.75 Å². The van der Waals surface area contributed by atoms with Crippen LogP contribution in [-0.2, 0) is 6.42 Å². The Morgan fingerprint density at radius 2 is 1.55 bits per heavy atom. The summed E-state index contributed by atoms with van der Waals surface area (Å²) in [6.07, 6.45) is 0.394. The second-order valence-electron chi connectivity index (χ2n) is 7.07. The highest BCUT2D eigenvalue weighted by molar-refractivity contribution is 5.99. The molecule has 0 saturated heterocycles. The first-order chi connectivity index (χ1) is 14.2. The van der Waals surface area contributed by atoms with Crippen molar-refractivity contribution in [1.29, 1.82) is 0 Å². The molecule has 1 atom stereocenters. The van der Waals surface area contributed by atoms with E-state index in [1.165, 1.54) is 0 Å². The van der Waals surface area contributed by atoms with Crippen LogP contribution in [0.2, 0.25) is 0 Å². The first-order valence-electron chi connectivity index (χ1n) is 9.59. The number of amides is 1. The Morgan fingerprint density at radius 3 is 2.24 bits per heavy atom. The molecule has 0 radical (unpaired) electrons. The predicted octanol–water partition coefficient (Wildman–Crippen LogP) is 3.69. The van der Waals surface area contributed by atoms with E-state index in [1.54, 1.807) is 11.9 Å². The fourth-order valence-electron chi connectivity index (χ4n) is 3.85. The van der Waals surface area contributed by atoms with Gasteiger partial charge in [0.05, 0.1) is 7.11 Å². The van der Waals surface area contributed by atoms with Crippen LogP contribution in [0.15, 0.2) is 72.8 Å². The summed E-state index contributed by atoms with van der Waals surface area (Å²) < 4.78 is 5.23. The van der Waals surface area contributed by atoms with E-state index in [-0.39, 0.29) is 12.1 Å². The molecule has 0 N–H and O–H groups in total. The highest BCUT2D eigenvalue weighted by atomic mass is 16.5. The first-order valence-corrected chi connectivity index (χ1v) is 9.59. The number of rotatable bonds is 5. The van der Waals surface area contributed by atoms with Crippen LogP contribution in [0, 0.1) is 0 Å². The normalized spacial score (nSPS) is 15.7. The lowest BCUT2D eigenvalue weighted by molar-refractivity contribution is 0.0676. The molecule has 144 valence electrons. The van der Waals surface area contributed by atoms with Crippen LogP contribution in [0.5, 0.6) is 5.75 Å². The van der Waals surface area contributed by atoms with E-state index in [0.29, 0.717) is 12.1 Å². The van der Waals surface area contributed by atoms with Gasteiger partial charge in [-0.2, -0.15) is 15.0 Å². The Bertz CT molecular complexity index is 1150. The lowest BCUT2D eigenvalue weighted by Gasteiger charge is -2.24. The Kier molecular flexibility index (Phi) is 4.24. The molecule has 0 saturated carbocycles. The summed E-state index contributed by atoms with van der Waals surface area (Å²) in [7, 11) is 1.65. The number of carbonyl (C=O) groups excluding carboxylic acids is 1. The third-order valence-electron chi connectivity index (χ3n) is 5.35. The molecule has 1 aliphatic rings. The summed E-state index contributed by atoms with van der Waals surface area (Å²) in [5.74, 6) is 0.837. The molecule has 4 aromatic rings. The van der Waals surface area contributed by atoms with E-state index in [1.807, 2.05) is 77.7 Å². The van der Waals surface area contributed by atoms with Crippen molar-refractivity contribution in [2.75, 3.05) is 13.7 Å². The van der Waals surface area contributed by atoms with E-state index in [0.717, 1.165) is 34.3 Å². The Hall–Kier alpha value is -3.67. The van der Waals surface area contributed by atoms with Gasteiger partial charge in [0.15, 0.2) is 6.17 Å². The molecular formula is C23H20N4O2. The van der Waals surface area contributed by atoms with E-state index >= 15 is 0 Å². The molecule has 5 rings (SSSR count). The minimum atomic E-state index is -0.343. The average Bonchev–Trinajstić information content (AvgIpc) is 3.31. The second-order valence-corrected chi connectivity index (χ2v) is 7.07. The van der Waals surface area contributed by atoms with E-state index < -0.39 is 0 Å². The largest absolute Gasteiger partial charge is 0.497 e. The fourth-order valence-corrected chi connectivity index (χ4v) is 3.85. The van der Waals surface area contributed by atoms with Crippen molar-refractivity contribution in [3.63, 3.8) is 0 Å². The number of fused-ring (bicyclic) bond motifs is 2. The van der Waals surface area contributed by atoms with Crippen molar-refractivity contribution in [2.24, 2.45) is 0 Å². The Labute approximate surface area is 168 Å². The van der Waals surface area contributed by atoms with Crippen molar-refractivity contribution < 1.29 is 9.53 Å². The highest BCUT2D eigenvalue weighted by Gasteiger charge is 2.38. The van der Waals surface area contributed by atoms with Gasteiger partial charge in [0.2, 0.25) is 0 Å². The van der Waals surface area contributed by atoms with Crippen LogP contribution < -0.4 is 4.74 Å². The number of benzene rings is 3. The molecule has 0 aliphatic carbocycles. The maximum atomic E-state index is 13.2. The van der Waals surface area contributed by atoms with Crippen LogP contribution in [0.25, 0.3) is 11.0 Å².